The maximum absolute atomic E-state index is 12.8. The van der Waals surface area contributed by atoms with Gasteiger partial charge in [0.05, 0.1) is 5.02 Å². The molecular weight excluding hydrogens is 308 g/mol. The highest BCUT2D eigenvalue weighted by atomic mass is 35.5. The van der Waals surface area contributed by atoms with Crippen LogP contribution >= 0.6 is 11.6 Å². The number of sulfonamides is 1. The van der Waals surface area contributed by atoms with E-state index in [9.17, 15) is 8.42 Å². The average Bonchev–Trinajstić information content (AvgIpc) is 2.44. The van der Waals surface area contributed by atoms with E-state index in [0.29, 0.717) is 19.5 Å². The summed E-state index contributed by atoms with van der Waals surface area (Å²) >= 11 is 6.13. The number of nitrogens with zero attached hydrogens (tertiary/aromatic N) is 1. The Bertz CT molecular complexity index is 604. The van der Waals surface area contributed by atoms with E-state index in [-0.39, 0.29) is 21.9 Å². The zero-order valence-corrected chi connectivity index (χ0v) is 14.1. The van der Waals surface area contributed by atoms with Gasteiger partial charge < -0.3 is 5.73 Å². The number of halogens is 1. The van der Waals surface area contributed by atoms with Gasteiger partial charge in [-0.25, -0.2) is 8.42 Å². The van der Waals surface area contributed by atoms with Gasteiger partial charge >= 0.3 is 0 Å². The molecule has 0 amide bonds. The summed E-state index contributed by atoms with van der Waals surface area (Å²) in [6.45, 7) is 4.97. The van der Waals surface area contributed by atoms with Gasteiger partial charge in [0, 0.05) is 19.1 Å². The lowest BCUT2D eigenvalue weighted by Gasteiger charge is -2.34. The molecule has 0 spiro atoms. The van der Waals surface area contributed by atoms with Crippen molar-refractivity contribution in [3.05, 3.63) is 28.8 Å². The number of aryl methyl sites for hydroxylation is 1. The van der Waals surface area contributed by atoms with Crippen LogP contribution in [-0.4, -0.2) is 31.9 Å². The summed E-state index contributed by atoms with van der Waals surface area (Å²) in [6.07, 6.45) is 2.50. The lowest BCUT2D eigenvalue weighted by molar-refractivity contribution is 0.250. The molecule has 1 aromatic rings. The van der Waals surface area contributed by atoms with Gasteiger partial charge in [0.15, 0.2) is 0 Å². The third-order valence-electron chi connectivity index (χ3n) is 4.09. The smallest absolute Gasteiger partial charge is 0.244 e. The summed E-state index contributed by atoms with van der Waals surface area (Å²) in [4.78, 5) is 0.220. The third kappa shape index (κ3) is 3.59. The van der Waals surface area contributed by atoms with Crippen LogP contribution in [-0.2, 0) is 16.4 Å². The lowest BCUT2D eigenvalue weighted by atomic mass is 9.96. The van der Waals surface area contributed by atoms with Gasteiger partial charge in [-0.3, -0.25) is 0 Å². The van der Waals surface area contributed by atoms with Crippen LogP contribution in [0.1, 0.15) is 32.3 Å². The number of piperidine rings is 1. The SMILES string of the molecule is CCCc1ccc(Cl)c(S(=O)(=O)N2CCC(N)C(C)C2)c1. The summed E-state index contributed by atoms with van der Waals surface area (Å²) in [6, 6.07) is 5.34. The Balaban J connectivity index is 2.33. The Kier molecular flexibility index (Phi) is 5.30. The van der Waals surface area contributed by atoms with Gasteiger partial charge in [0.1, 0.15) is 4.90 Å². The van der Waals surface area contributed by atoms with Crippen molar-refractivity contribution >= 4 is 21.6 Å². The molecule has 0 aromatic heterocycles. The Morgan fingerprint density at radius 1 is 1.43 bits per heavy atom. The second kappa shape index (κ2) is 6.65. The maximum atomic E-state index is 12.8. The largest absolute Gasteiger partial charge is 0.327 e. The van der Waals surface area contributed by atoms with E-state index in [1.165, 1.54) is 4.31 Å². The molecule has 2 N–H and O–H groups in total. The minimum Gasteiger partial charge on any atom is -0.327 e. The van der Waals surface area contributed by atoms with Crippen molar-refractivity contribution in [2.24, 2.45) is 11.7 Å². The van der Waals surface area contributed by atoms with Crippen molar-refractivity contribution in [2.75, 3.05) is 13.1 Å². The van der Waals surface area contributed by atoms with Crippen molar-refractivity contribution in [1.29, 1.82) is 0 Å². The molecule has 1 aliphatic heterocycles. The van der Waals surface area contributed by atoms with Crippen LogP contribution in [0.2, 0.25) is 5.02 Å². The predicted octanol–water partition coefficient (Wildman–Crippen LogP) is 2.65. The van der Waals surface area contributed by atoms with Crippen LogP contribution < -0.4 is 5.73 Å². The van der Waals surface area contributed by atoms with Crippen LogP contribution in [0.4, 0.5) is 0 Å². The summed E-state index contributed by atoms with van der Waals surface area (Å²) in [7, 11) is -3.54. The molecule has 1 aliphatic rings. The van der Waals surface area contributed by atoms with E-state index in [1.807, 2.05) is 13.0 Å². The molecule has 0 aliphatic carbocycles. The van der Waals surface area contributed by atoms with Gasteiger partial charge in [-0.15, -0.1) is 0 Å². The first-order valence-corrected chi connectivity index (χ1v) is 9.22. The second-order valence-corrected chi connectivity index (χ2v) is 8.12. The van der Waals surface area contributed by atoms with Gasteiger partial charge in [-0.05, 0) is 36.5 Å². The van der Waals surface area contributed by atoms with E-state index in [0.717, 1.165) is 18.4 Å². The summed E-state index contributed by atoms with van der Waals surface area (Å²) < 4.78 is 27.1. The first kappa shape index (κ1) is 16.7. The predicted molar refractivity (Wildman–Crippen MR) is 86.0 cm³/mol. The summed E-state index contributed by atoms with van der Waals surface area (Å²) in [5, 5.41) is 0.289. The molecule has 0 bridgehead atoms. The highest BCUT2D eigenvalue weighted by Crippen LogP contribution is 2.29. The van der Waals surface area contributed by atoms with Crippen LogP contribution in [0.15, 0.2) is 23.1 Å². The first-order chi connectivity index (χ1) is 9.86. The van der Waals surface area contributed by atoms with Gasteiger partial charge in [-0.1, -0.05) is 37.9 Å². The molecular formula is C15H23ClN2O2S. The highest BCUT2D eigenvalue weighted by Gasteiger charge is 2.33. The Labute approximate surface area is 132 Å². The number of hydrogen-bond acceptors (Lipinski definition) is 3. The Hall–Kier alpha value is -0.620. The molecule has 1 heterocycles. The summed E-state index contributed by atoms with van der Waals surface area (Å²) in [5.74, 6) is 0.158. The Morgan fingerprint density at radius 3 is 2.76 bits per heavy atom. The van der Waals surface area contributed by atoms with E-state index in [1.54, 1.807) is 12.1 Å². The molecule has 0 saturated carbocycles. The van der Waals surface area contributed by atoms with Gasteiger partial charge in [0.25, 0.3) is 0 Å². The van der Waals surface area contributed by atoms with Crippen LogP contribution in [0.3, 0.4) is 0 Å². The zero-order valence-electron chi connectivity index (χ0n) is 12.5. The molecule has 2 atom stereocenters. The quantitative estimate of drug-likeness (QED) is 0.923. The number of benzene rings is 1. The maximum Gasteiger partial charge on any atom is 0.244 e. The van der Waals surface area contributed by atoms with Crippen molar-refractivity contribution in [1.82, 2.24) is 4.31 Å². The van der Waals surface area contributed by atoms with Crippen molar-refractivity contribution in [3.8, 4) is 0 Å². The fourth-order valence-electron chi connectivity index (χ4n) is 2.67. The summed E-state index contributed by atoms with van der Waals surface area (Å²) in [5.41, 5.74) is 6.97. The molecule has 1 aromatic carbocycles. The van der Waals surface area contributed by atoms with E-state index < -0.39 is 10.0 Å². The molecule has 1 fully saturated rings. The molecule has 2 unspecified atom stereocenters. The van der Waals surface area contributed by atoms with Crippen molar-refractivity contribution < 1.29 is 8.42 Å². The molecule has 21 heavy (non-hydrogen) atoms. The van der Waals surface area contributed by atoms with Crippen LogP contribution in [0.5, 0.6) is 0 Å². The zero-order chi connectivity index (χ0) is 15.6. The normalized spacial score (nSPS) is 24.2. The fraction of sp³-hybridized carbons (Fsp3) is 0.600. The van der Waals surface area contributed by atoms with Crippen molar-refractivity contribution in [2.45, 2.75) is 44.0 Å². The average molecular weight is 331 g/mol. The lowest BCUT2D eigenvalue weighted by Crippen LogP contribution is -2.48. The van der Waals surface area contributed by atoms with Crippen LogP contribution in [0, 0.1) is 5.92 Å². The van der Waals surface area contributed by atoms with E-state index >= 15 is 0 Å². The first-order valence-electron chi connectivity index (χ1n) is 7.40. The molecule has 6 heteroatoms. The molecule has 0 radical (unpaired) electrons. The monoisotopic (exact) mass is 330 g/mol. The second-order valence-electron chi connectivity index (χ2n) is 5.81. The number of nitrogens with two attached hydrogens (primary N) is 1. The highest BCUT2D eigenvalue weighted by molar-refractivity contribution is 7.89. The van der Waals surface area contributed by atoms with E-state index in [4.69, 9.17) is 17.3 Å². The van der Waals surface area contributed by atoms with E-state index in [2.05, 4.69) is 6.92 Å². The standard InChI is InChI=1S/C15H23ClN2O2S/c1-3-4-12-5-6-13(16)15(9-12)21(19,20)18-8-7-14(17)11(2)10-18/h5-6,9,11,14H,3-4,7-8,10,17H2,1-2H3. The van der Waals surface area contributed by atoms with Crippen molar-refractivity contribution in [3.63, 3.8) is 0 Å². The topological polar surface area (TPSA) is 63.4 Å². The fourth-order valence-corrected chi connectivity index (χ4v) is 4.75. The molecule has 1 saturated heterocycles. The number of hydrogen-bond donors (Lipinski definition) is 1. The third-order valence-corrected chi connectivity index (χ3v) is 6.43. The Morgan fingerprint density at radius 2 is 2.14 bits per heavy atom. The molecule has 118 valence electrons. The van der Waals surface area contributed by atoms with Crippen LogP contribution in [0.25, 0.3) is 0 Å². The number of rotatable bonds is 4. The molecule has 4 nitrogen and oxygen atoms in total. The molecule has 2 rings (SSSR count). The van der Waals surface area contributed by atoms with Gasteiger partial charge in [-0.2, -0.15) is 4.31 Å². The van der Waals surface area contributed by atoms with Gasteiger partial charge in [0.2, 0.25) is 10.0 Å². The minimum absolute atomic E-state index is 0.0679. The minimum atomic E-state index is -3.54.